The molecule has 1 aliphatic heterocycles. The van der Waals surface area contributed by atoms with Crippen molar-refractivity contribution in [2.45, 2.75) is 20.3 Å². The van der Waals surface area contributed by atoms with Gasteiger partial charge in [0.15, 0.2) is 0 Å². The van der Waals surface area contributed by atoms with E-state index in [1.807, 2.05) is 44.0 Å². The van der Waals surface area contributed by atoms with Crippen LogP contribution in [0.4, 0.5) is 5.69 Å². The number of para-hydroxylation sites is 1. The van der Waals surface area contributed by atoms with Gasteiger partial charge in [0.1, 0.15) is 0 Å². The van der Waals surface area contributed by atoms with Gasteiger partial charge in [-0.3, -0.25) is 14.5 Å². The van der Waals surface area contributed by atoms with Crippen molar-refractivity contribution in [1.82, 2.24) is 15.1 Å². The lowest BCUT2D eigenvalue weighted by molar-refractivity contribution is -0.133. The number of anilines is 1. The lowest BCUT2D eigenvalue weighted by Gasteiger charge is -2.34. The van der Waals surface area contributed by atoms with Crippen LogP contribution < -0.4 is 10.6 Å². The van der Waals surface area contributed by atoms with E-state index in [1.54, 1.807) is 0 Å². The Hall–Kier alpha value is -1.92. The Morgan fingerprint density at radius 3 is 2.29 bits per heavy atom. The van der Waals surface area contributed by atoms with E-state index in [2.05, 4.69) is 15.5 Å². The minimum atomic E-state index is 0.00218. The van der Waals surface area contributed by atoms with Crippen molar-refractivity contribution >= 4 is 17.5 Å². The topological polar surface area (TPSA) is 64.7 Å². The number of carbonyl (C=O) groups is 2. The standard InChI is InChI=1S/C18H28N4O2/c1-14-5-4-6-15(2)18(14)20-16(23)13-21-9-11-22(12-10-21)17(24)7-8-19-3/h4-6,19H,7-13H2,1-3H3,(H,20,23). The molecule has 1 aromatic rings. The highest BCUT2D eigenvalue weighted by molar-refractivity contribution is 5.93. The van der Waals surface area contributed by atoms with Gasteiger partial charge in [0, 0.05) is 44.8 Å². The zero-order valence-electron chi connectivity index (χ0n) is 14.9. The van der Waals surface area contributed by atoms with Crippen LogP contribution in [0, 0.1) is 13.8 Å². The lowest BCUT2D eigenvalue weighted by atomic mass is 10.1. The summed E-state index contributed by atoms with van der Waals surface area (Å²) >= 11 is 0. The fourth-order valence-corrected chi connectivity index (χ4v) is 2.94. The number of aryl methyl sites for hydroxylation is 2. The molecule has 2 rings (SSSR count). The first-order chi connectivity index (χ1) is 11.5. The second-order valence-corrected chi connectivity index (χ2v) is 6.33. The molecule has 2 amide bonds. The van der Waals surface area contributed by atoms with Crippen LogP contribution in [0.3, 0.4) is 0 Å². The van der Waals surface area contributed by atoms with Crippen molar-refractivity contribution in [2.24, 2.45) is 0 Å². The highest BCUT2D eigenvalue weighted by atomic mass is 16.2. The summed E-state index contributed by atoms with van der Waals surface area (Å²) in [6.45, 7) is 7.94. The average molecular weight is 332 g/mol. The third kappa shape index (κ3) is 5.04. The highest BCUT2D eigenvalue weighted by Gasteiger charge is 2.22. The van der Waals surface area contributed by atoms with E-state index in [0.717, 1.165) is 29.9 Å². The van der Waals surface area contributed by atoms with Gasteiger partial charge in [-0.2, -0.15) is 0 Å². The normalized spacial score (nSPS) is 15.4. The summed E-state index contributed by atoms with van der Waals surface area (Å²) in [7, 11) is 1.85. The Morgan fingerprint density at radius 1 is 1.08 bits per heavy atom. The molecule has 1 heterocycles. The van der Waals surface area contributed by atoms with E-state index >= 15 is 0 Å². The van der Waals surface area contributed by atoms with Crippen molar-refractivity contribution in [3.63, 3.8) is 0 Å². The van der Waals surface area contributed by atoms with Crippen LogP contribution in [-0.4, -0.2) is 67.9 Å². The molecule has 6 nitrogen and oxygen atoms in total. The summed E-state index contributed by atoms with van der Waals surface area (Å²) in [6.07, 6.45) is 0.531. The Labute approximate surface area is 144 Å². The highest BCUT2D eigenvalue weighted by Crippen LogP contribution is 2.19. The number of carbonyl (C=O) groups excluding carboxylic acids is 2. The first-order valence-corrected chi connectivity index (χ1v) is 8.52. The van der Waals surface area contributed by atoms with Crippen molar-refractivity contribution in [2.75, 3.05) is 51.6 Å². The van der Waals surface area contributed by atoms with Gasteiger partial charge in [-0.05, 0) is 32.0 Å². The molecule has 24 heavy (non-hydrogen) atoms. The Kier molecular flexibility index (Phi) is 6.75. The zero-order chi connectivity index (χ0) is 17.5. The quantitative estimate of drug-likeness (QED) is 0.816. The largest absolute Gasteiger partial charge is 0.340 e. The van der Waals surface area contributed by atoms with Gasteiger partial charge in [0.05, 0.1) is 6.54 Å². The molecule has 0 spiro atoms. The maximum atomic E-state index is 12.3. The SMILES string of the molecule is CNCCC(=O)N1CCN(CC(=O)Nc2c(C)cccc2C)CC1. The molecule has 0 bridgehead atoms. The molecule has 1 saturated heterocycles. The summed E-state index contributed by atoms with van der Waals surface area (Å²) in [5, 5.41) is 6.01. The van der Waals surface area contributed by atoms with E-state index in [9.17, 15) is 9.59 Å². The third-order valence-corrected chi connectivity index (χ3v) is 4.43. The first kappa shape index (κ1) is 18.4. The molecule has 1 fully saturated rings. The van der Waals surface area contributed by atoms with Crippen LogP contribution in [0.2, 0.25) is 0 Å². The summed E-state index contributed by atoms with van der Waals surface area (Å²) in [4.78, 5) is 28.3. The van der Waals surface area contributed by atoms with Crippen molar-refractivity contribution in [3.8, 4) is 0 Å². The third-order valence-electron chi connectivity index (χ3n) is 4.43. The molecular formula is C18H28N4O2. The number of benzene rings is 1. The van der Waals surface area contributed by atoms with Gasteiger partial charge in [-0.1, -0.05) is 18.2 Å². The summed E-state index contributed by atoms with van der Waals surface area (Å²) in [5.74, 6) is 0.186. The molecule has 1 aromatic carbocycles. The number of hydrogen-bond acceptors (Lipinski definition) is 4. The van der Waals surface area contributed by atoms with Gasteiger partial charge in [0.2, 0.25) is 11.8 Å². The minimum absolute atomic E-state index is 0.00218. The van der Waals surface area contributed by atoms with E-state index in [-0.39, 0.29) is 11.8 Å². The van der Waals surface area contributed by atoms with Crippen LogP contribution in [0.15, 0.2) is 18.2 Å². The lowest BCUT2D eigenvalue weighted by Crippen LogP contribution is -2.50. The summed E-state index contributed by atoms with van der Waals surface area (Å²) in [6, 6.07) is 5.99. The molecule has 0 saturated carbocycles. The molecule has 0 radical (unpaired) electrons. The van der Waals surface area contributed by atoms with Crippen LogP contribution in [0.5, 0.6) is 0 Å². The van der Waals surface area contributed by atoms with Crippen molar-refractivity contribution in [3.05, 3.63) is 29.3 Å². The van der Waals surface area contributed by atoms with Crippen molar-refractivity contribution in [1.29, 1.82) is 0 Å². The van der Waals surface area contributed by atoms with Gasteiger partial charge >= 0.3 is 0 Å². The zero-order valence-corrected chi connectivity index (χ0v) is 14.9. The molecule has 0 aromatic heterocycles. The molecule has 132 valence electrons. The molecule has 1 aliphatic rings. The second-order valence-electron chi connectivity index (χ2n) is 6.33. The summed E-state index contributed by atoms with van der Waals surface area (Å²) < 4.78 is 0. The number of nitrogens with zero attached hydrogens (tertiary/aromatic N) is 2. The van der Waals surface area contributed by atoms with Gasteiger partial charge in [0.25, 0.3) is 0 Å². The minimum Gasteiger partial charge on any atom is -0.340 e. The Bertz CT molecular complexity index is 560. The van der Waals surface area contributed by atoms with Gasteiger partial charge in [-0.15, -0.1) is 0 Å². The molecule has 0 atom stereocenters. The number of hydrogen-bond donors (Lipinski definition) is 2. The number of piperazine rings is 1. The average Bonchev–Trinajstić information content (AvgIpc) is 2.57. The van der Waals surface area contributed by atoms with Gasteiger partial charge in [-0.25, -0.2) is 0 Å². The van der Waals surface area contributed by atoms with E-state index < -0.39 is 0 Å². The van der Waals surface area contributed by atoms with Crippen molar-refractivity contribution < 1.29 is 9.59 Å². The fraction of sp³-hybridized carbons (Fsp3) is 0.556. The van der Waals surface area contributed by atoms with Gasteiger partial charge < -0.3 is 15.5 Å². The molecule has 2 N–H and O–H groups in total. The smallest absolute Gasteiger partial charge is 0.238 e. The summed E-state index contributed by atoms with van der Waals surface area (Å²) in [5.41, 5.74) is 3.05. The predicted molar refractivity (Wildman–Crippen MR) is 96.1 cm³/mol. The number of nitrogens with one attached hydrogen (secondary N) is 2. The number of rotatable bonds is 6. The monoisotopic (exact) mass is 332 g/mol. The van der Waals surface area contributed by atoms with Crippen LogP contribution in [0.25, 0.3) is 0 Å². The maximum absolute atomic E-state index is 12.3. The molecular weight excluding hydrogens is 304 g/mol. The van der Waals surface area contributed by atoms with Crippen LogP contribution in [0.1, 0.15) is 17.5 Å². The molecule has 0 unspecified atom stereocenters. The maximum Gasteiger partial charge on any atom is 0.238 e. The number of amides is 2. The van der Waals surface area contributed by atoms with E-state index in [1.165, 1.54) is 0 Å². The Morgan fingerprint density at radius 2 is 1.71 bits per heavy atom. The van der Waals surface area contributed by atoms with Crippen LogP contribution >= 0.6 is 0 Å². The Balaban J connectivity index is 1.79. The molecule has 6 heteroatoms. The fourth-order valence-electron chi connectivity index (χ4n) is 2.94. The second kappa shape index (κ2) is 8.80. The van der Waals surface area contributed by atoms with Crippen LogP contribution in [-0.2, 0) is 9.59 Å². The molecule has 0 aliphatic carbocycles. The predicted octanol–water partition coefficient (Wildman–Crippen LogP) is 0.996. The first-order valence-electron chi connectivity index (χ1n) is 8.52. The van der Waals surface area contributed by atoms with E-state index in [4.69, 9.17) is 0 Å². The van der Waals surface area contributed by atoms with E-state index in [0.29, 0.717) is 32.6 Å².